The molecule has 0 saturated carbocycles. The Morgan fingerprint density at radius 1 is 1.35 bits per heavy atom. The van der Waals surface area contributed by atoms with Crippen LogP contribution in [0.25, 0.3) is 10.2 Å². The predicted octanol–water partition coefficient (Wildman–Crippen LogP) is 2.61. The minimum atomic E-state index is -0.0955. The van der Waals surface area contributed by atoms with E-state index in [1.54, 1.807) is 7.11 Å². The Hall–Kier alpha value is -2.34. The zero-order valence-electron chi connectivity index (χ0n) is 10.8. The van der Waals surface area contributed by atoms with Gasteiger partial charge in [-0.1, -0.05) is 12.1 Å². The summed E-state index contributed by atoms with van der Waals surface area (Å²) in [4.78, 5) is 19.1. The fourth-order valence-electron chi connectivity index (χ4n) is 1.97. The Balaban J connectivity index is 1.85. The van der Waals surface area contributed by atoms with Crippen LogP contribution in [0.3, 0.4) is 0 Å². The van der Waals surface area contributed by atoms with Crippen molar-refractivity contribution in [1.82, 2.24) is 9.97 Å². The standard InChI is InChI=1S/C14H13N3O2S/c1-19-11-5-3-2-4-9(11)15-8-12-16-10-6-7-20-13(10)14(18)17-12/h2-7,15H,8H2,1H3,(H,16,17,18). The third-order valence-electron chi connectivity index (χ3n) is 2.92. The van der Waals surface area contributed by atoms with E-state index in [9.17, 15) is 4.79 Å². The summed E-state index contributed by atoms with van der Waals surface area (Å²) >= 11 is 1.40. The lowest BCUT2D eigenvalue weighted by Crippen LogP contribution is -2.13. The normalized spacial score (nSPS) is 10.7. The predicted molar refractivity (Wildman–Crippen MR) is 80.6 cm³/mol. The summed E-state index contributed by atoms with van der Waals surface area (Å²) in [7, 11) is 1.62. The molecule has 0 radical (unpaired) electrons. The first-order valence-corrected chi connectivity index (χ1v) is 6.99. The summed E-state index contributed by atoms with van der Waals surface area (Å²) in [6.45, 7) is 0.432. The largest absolute Gasteiger partial charge is 0.495 e. The van der Waals surface area contributed by atoms with Gasteiger partial charge in [0, 0.05) is 0 Å². The second-order valence-corrected chi connectivity index (χ2v) is 5.12. The van der Waals surface area contributed by atoms with E-state index >= 15 is 0 Å². The molecule has 0 bridgehead atoms. The zero-order valence-corrected chi connectivity index (χ0v) is 11.7. The van der Waals surface area contributed by atoms with Gasteiger partial charge in [-0.25, -0.2) is 4.98 Å². The van der Waals surface area contributed by atoms with Crippen LogP contribution in [-0.2, 0) is 6.54 Å². The number of hydrogen-bond donors (Lipinski definition) is 2. The molecule has 20 heavy (non-hydrogen) atoms. The monoisotopic (exact) mass is 287 g/mol. The first-order valence-electron chi connectivity index (χ1n) is 6.11. The van der Waals surface area contributed by atoms with E-state index in [1.165, 1.54) is 11.3 Å². The quantitative estimate of drug-likeness (QED) is 0.774. The van der Waals surface area contributed by atoms with Crippen molar-refractivity contribution in [1.29, 1.82) is 0 Å². The molecule has 0 aliphatic rings. The average molecular weight is 287 g/mol. The molecule has 6 heteroatoms. The molecular weight excluding hydrogens is 274 g/mol. The van der Waals surface area contributed by atoms with Crippen molar-refractivity contribution in [2.75, 3.05) is 12.4 Å². The number of H-pyrrole nitrogens is 1. The van der Waals surface area contributed by atoms with Crippen molar-refractivity contribution >= 4 is 27.2 Å². The highest BCUT2D eigenvalue weighted by molar-refractivity contribution is 7.17. The van der Waals surface area contributed by atoms with Crippen molar-refractivity contribution in [3.63, 3.8) is 0 Å². The van der Waals surface area contributed by atoms with Crippen LogP contribution >= 0.6 is 11.3 Å². The third kappa shape index (κ3) is 2.37. The lowest BCUT2D eigenvalue weighted by molar-refractivity contribution is 0.416. The summed E-state index contributed by atoms with van der Waals surface area (Å²) in [5, 5.41) is 5.08. The number of aromatic amines is 1. The van der Waals surface area contributed by atoms with Crippen LogP contribution in [0.4, 0.5) is 5.69 Å². The van der Waals surface area contributed by atoms with Crippen LogP contribution in [0, 0.1) is 0 Å². The van der Waals surface area contributed by atoms with Crippen molar-refractivity contribution < 1.29 is 4.74 Å². The Kier molecular flexibility index (Phi) is 3.39. The molecule has 0 unspecified atom stereocenters. The van der Waals surface area contributed by atoms with Gasteiger partial charge in [0.1, 0.15) is 16.3 Å². The van der Waals surface area contributed by atoms with Crippen molar-refractivity contribution in [3.05, 3.63) is 51.9 Å². The van der Waals surface area contributed by atoms with Gasteiger partial charge >= 0.3 is 0 Å². The number of nitrogens with zero attached hydrogens (tertiary/aromatic N) is 1. The van der Waals surface area contributed by atoms with Crippen LogP contribution in [0.2, 0.25) is 0 Å². The summed E-state index contributed by atoms with van der Waals surface area (Å²) < 4.78 is 5.92. The van der Waals surface area contributed by atoms with Crippen molar-refractivity contribution in [2.24, 2.45) is 0 Å². The number of rotatable bonds is 4. The van der Waals surface area contributed by atoms with Gasteiger partial charge < -0.3 is 15.0 Å². The van der Waals surface area contributed by atoms with Gasteiger partial charge in [-0.15, -0.1) is 11.3 Å². The molecular formula is C14H13N3O2S. The second-order valence-electron chi connectivity index (χ2n) is 4.20. The highest BCUT2D eigenvalue weighted by Crippen LogP contribution is 2.23. The Bertz CT molecular complexity index is 794. The number of ether oxygens (including phenoxy) is 1. The van der Waals surface area contributed by atoms with Crippen LogP contribution < -0.4 is 15.6 Å². The maximum atomic E-state index is 11.9. The topological polar surface area (TPSA) is 67.0 Å². The summed E-state index contributed by atoms with van der Waals surface area (Å²) in [5.41, 5.74) is 1.50. The maximum absolute atomic E-state index is 11.9. The number of fused-ring (bicyclic) bond motifs is 1. The molecule has 0 aliphatic carbocycles. The summed E-state index contributed by atoms with van der Waals surface area (Å²) in [6.07, 6.45) is 0. The van der Waals surface area contributed by atoms with Crippen molar-refractivity contribution in [3.8, 4) is 5.75 Å². The molecule has 102 valence electrons. The highest BCUT2D eigenvalue weighted by Gasteiger charge is 2.06. The van der Waals surface area contributed by atoms with Gasteiger partial charge in [0.25, 0.3) is 5.56 Å². The van der Waals surface area contributed by atoms with E-state index in [0.717, 1.165) is 17.0 Å². The van der Waals surface area contributed by atoms with Crippen LogP contribution in [0.15, 0.2) is 40.5 Å². The fraction of sp³-hybridized carbons (Fsp3) is 0.143. The Morgan fingerprint density at radius 3 is 3.05 bits per heavy atom. The van der Waals surface area contributed by atoms with E-state index in [0.29, 0.717) is 17.1 Å². The molecule has 0 fully saturated rings. The Labute approximate surface area is 119 Å². The van der Waals surface area contributed by atoms with Gasteiger partial charge in [0.15, 0.2) is 0 Å². The number of hydrogen-bond acceptors (Lipinski definition) is 5. The number of benzene rings is 1. The number of aromatic nitrogens is 2. The summed E-state index contributed by atoms with van der Waals surface area (Å²) in [6, 6.07) is 9.47. The molecule has 0 spiro atoms. The molecule has 1 aromatic carbocycles. The minimum Gasteiger partial charge on any atom is -0.495 e. The number of para-hydroxylation sites is 2. The number of thiophene rings is 1. The van der Waals surface area contributed by atoms with E-state index in [4.69, 9.17) is 4.74 Å². The average Bonchev–Trinajstić information content (AvgIpc) is 2.94. The third-order valence-corrected chi connectivity index (χ3v) is 3.82. The molecule has 2 aromatic heterocycles. The van der Waals surface area contributed by atoms with Crippen LogP contribution in [0.1, 0.15) is 5.82 Å². The first-order chi connectivity index (χ1) is 9.78. The van der Waals surface area contributed by atoms with Gasteiger partial charge in [0.05, 0.1) is 24.9 Å². The molecule has 2 heterocycles. The molecule has 0 amide bonds. The molecule has 3 aromatic rings. The van der Waals surface area contributed by atoms with Gasteiger partial charge in [-0.3, -0.25) is 4.79 Å². The number of methoxy groups -OCH3 is 1. The lowest BCUT2D eigenvalue weighted by Gasteiger charge is -2.10. The number of anilines is 1. The lowest BCUT2D eigenvalue weighted by atomic mass is 10.3. The van der Waals surface area contributed by atoms with Crippen LogP contribution in [0.5, 0.6) is 5.75 Å². The highest BCUT2D eigenvalue weighted by atomic mass is 32.1. The Morgan fingerprint density at radius 2 is 2.20 bits per heavy atom. The van der Waals surface area contributed by atoms with Crippen LogP contribution in [-0.4, -0.2) is 17.1 Å². The zero-order chi connectivity index (χ0) is 13.9. The molecule has 3 rings (SSSR count). The summed E-state index contributed by atoms with van der Waals surface area (Å²) in [5.74, 6) is 1.36. The molecule has 0 aliphatic heterocycles. The SMILES string of the molecule is COc1ccccc1NCc1nc2ccsc2c(=O)[nH]1. The van der Waals surface area contributed by atoms with E-state index in [1.807, 2.05) is 35.7 Å². The van der Waals surface area contributed by atoms with E-state index in [2.05, 4.69) is 15.3 Å². The number of nitrogens with one attached hydrogen (secondary N) is 2. The van der Waals surface area contributed by atoms with Gasteiger partial charge in [0.2, 0.25) is 0 Å². The first kappa shape index (κ1) is 12.7. The fourth-order valence-corrected chi connectivity index (χ4v) is 2.70. The minimum absolute atomic E-state index is 0.0955. The van der Waals surface area contributed by atoms with Gasteiger partial charge in [-0.2, -0.15) is 0 Å². The molecule has 5 nitrogen and oxygen atoms in total. The second kappa shape index (κ2) is 5.34. The smallest absolute Gasteiger partial charge is 0.268 e. The maximum Gasteiger partial charge on any atom is 0.268 e. The molecule has 0 saturated heterocycles. The molecule has 0 atom stereocenters. The van der Waals surface area contributed by atoms with E-state index < -0.39 is 0 Å². The van der Waals surface area contributed by atoms with Crippen molar-refractivity contribution in [2.45, 2.75) is 6.54 Å². The van der Waals surface area contributed by atoms with Gasteiger partial charge in [-0.05, 0) is 23.6 Å². The molecule has 2 N–H and O–H groups in total. The van der Waals surface area contributed by atoms with E-state index in [-0.39, 0.29) is 5.56 Å².